The molecule has 29 heavy (non-hydrogen) atoms. The van der Waals surface area contributed by atoms with Crippen LogP contribution < -0.4 is 10.1 Å². The first kappa shape index (κ1) is 19.0. The molecule has 1 aliphatic heterocycles. The molecule has 0 bridgehead atoms. The van der Waals surface area contributed by atoms with Crippen LogP contribution in [0, 0.1) is 5.82 Å². The molecule has 0 unspecified atom stereocenters. The molecule has 0 radical (unpaired) electrons. The molecule has 146 valence electrons. The summed E-state index contributed by atoms with van der Waals surface area (Å²) in [6, 6.07) is 18.2. The van der Waals surface area contributed by atoms with Crippen molar-refractivity contribution in [2.45, 2.75) is 5.92 Å². The number of esters is 1. The Kier molecular flexibility index (Phi) is 5.18. The number of fused-ring (bicyclic) bond motifs is 2. The van der Waals surface area contributed by atoms with Gasteiger partial charge in [0.05, 0.1) is 5.02 Å². The molecular weight excluding hydrogens is 397 g/mol. The number of halogens is 2. The highest BCUT2D eigenvalue weighted by Crippen LogP contribution is 2.44. The van der Waals surface area contributed by atoms with E-state index in [1.165, 1.54) is 12.1 Å². The Morgan fingerprint density at radius 2 is 1.62 bits per heavy atom. The first-order valence-electron chi connectivity index (χ1n) is 8.80. The van der Waals surface area contributed by atoms with E-state index in [1.54, 1.807) is 36.4 Å². The van der Waals surface area contributed by atoms with E-state index in [1.807, 2.05) is 12.1 Å². The Morgan fingerprint density at radius 3 is 2.24 bits per heavy atom. The standard InChI is InChI=1S/C22H15ClFNO4/c23-16-11-13(9-10-17(16)24)25-20(26)12-28-22(27)21-14-5-1-3-7-18(14)29-19-8-4-2-6-15(19)21/h1-11,21H,12H2,(H,25,26). The van der Waals surface area contributed by atoms with E-state index in [9.17, 15) is 14.0 Å². The predicted molar refractivity (Wildman–Crippen MR) is 106 cm³/mol. The zero-order valence-corrected chi connectivity index (χ0v) is 15.8. The van der Waals surface area contributed by atoms with Gasteiger partial charge >= 0.3 is 5.97 Å². The minimum absolute atomic E-state index is 0.116. The van der Waals surface area contributed by atoms with Gasteiger partial charge in [0.15, 0.2) is 6.61 Å². The van der Waals surface area contributed by atoms with Crippen molar-refractivity contribution >= 4 is 29.2 Å². The molecule has 5 nitrogen and oxygen atoms in total. The van der Waals surface area contributed by atoms with Crippen LogP contribution in [0.5, 0.6) is 11.5 Å². The van der Waals surface area contributed by atoms with Gasteiger partial charge in [0.1, 0.15) is 23.2 Å². The molecule has 0 spiro atoms. The minimum atomic E-state index is -0.704. The van der Waals surface area contributed by atoms with Crippen LogP contribution in [-0.4, -0.2) is 18.5 Å². The number of hydrogen-bond donors (Lipinski definition) is 1. The van der Waals surface area contributed by atoms with Gasteiger partial charge in [-0.3, -0.25) is 9.59 Å². The second-order valence-electron chi connectivity index (χ2n) is 6.40. The third-order valence-corrected chi connectivity index (χ3v) is 4.75. The summed E-state index contributed by atoms with van der Waals surface area (Å²) in [4.78, 5) is 25.0. The summed E-state index contributed by atoms with van der Waals surface area (Å²) >= 11 is 5.70. The van der Waals surface area contributed by atoms with Crippen LogP contribution in [0.1, 0.15) is 17.0 Å². The summed E-state index contributed by atoms with van der Waals surface area (Å²) in [7, 11) is 0. The van der Waals surface area contributed by atoms with E-state index in [0.29, 0.717) is 28.3 Å². The van der Waals surface area contributed by atoms with E-state index < -0.39 is 30.2 Å². The monoisotopic (exact) mass is 411 g/mol. The van der Waals surface area contributed by atoms with Crippen molar-refractivity contribution in [3.05, 3.63) is 88.7 Å². The lowest BCUT2D eigenvalue weighted by Crippen LogP contribution is -2.26. The third kappa shape index (κ3) is 3.93. The van der Waals surface area contributed by atoms with Gasteiger partial charge in [-0.1, -0.05) is 48.0 Å². The molecule has 0 saturated carbocycles. The van der Waals surface area contributed by atoms with Crippen LogP contribution in [0.4, 0.5) is 10.1 Å². The third-order valence-electron chi connectivity index (χ3n) is 4.46. The zero-order valence-electron chi connectivity index (χ0n) is 15.0. The number of para-hydroxylation sites is 2. The molecule has 1 heterocycles. The second-order valence-corrected chi connectivity index (χ2v) is 6.80. The summed E-state index contributed by atoms with van der Waals surface area (Å²) < 4.78 is 24.3. The fourth-order valence-corrected chi connectivity index (χ4v) is 3.34. The molecule has 0 aromatic heterocycles. The largest absolute Gasteiger partial charge is 0.457 e. The van der Waals surface area contributed by atoms with E-state index >= 15 is 0 Å². The number of hydrogen-bond acceptors (Lipinski definition) is 4. The maximum atomic E-state index is 13.2. The molecule has 3 aromatic carbocycles. The van der Waals surface area contributed by atoms with Gasteiger partial charge in [-0.25, -0.2) is 4.39 Å². The van der Waals surface area contributed by atoms with Crippen LogP contribution in [0.15, 0.2) is 66.7 Å². The van der Waals surface area contributed by atoms with Crippen molar-refractivity contribution in [3.63, 3.8) is 0 Å². The maximum Gasteiger partial charge on any atom is 0.318 e. The number of benzene rings is 3. The fraction of sp³-hybridized carbons (Fsp3) is 0.0909. The summed E-state index contributed by atoms with van der Waals surface area (Å²) in [5.74, 6) is -1.29. The molecular formula is C22H15ClFNO4. The van der Waals surface area contributed by atoms with Gasteiger partial charge in [0, 0.05) is 16.8 Å². The molecule has 0 atom stereocenters. The molecule has 0 aliphatic carbocycles. The molecule has 4 rings (SSSR count). The average Bonchev–Trinajstić information content (AvgIpc) is 2.73. The first-order chi connectivity index (χ1) is 14.0. The van der Waals surface area contributed by atoms with Crippen molar-refractivity contribution in [2.24, 2.45) is 0 Å². The van der Waals surface area contributed by atoms with Gasteiger partial charge in [-0.15, -0.1) is 0 Å². The van der Waals surface area contributed by atoms with Crippen LogP contribution in [-0.2, 0) is 14.3 Å². The van der Waals surface area contributed by atoms with Crippen LogP contribution in [0.2, 0.25) is 5.02 Å². The van der Waals surface area contributed by atoms with Gasteiger partial charge in [-0.2, -0.15) is 0 Å². The first-order valence-corrected chi connectivity index (χ1v) is 9.18. The van der Waals surface area contributed by atoms with Crippen molar-refractivity contribution in [1.29, 1.82) is 0 Å². The molecule has 1 N–H and O–H groups in total. The van der Waals surface area contributed by atoms with Gasteiger partial charge < -0.3 is 14.8 Å². The van der Waals surface area contributed by atoms with Crippen molar-refractivity contribution in [1.82, 2.24) is 0 Å². The molecule has 1 aliphatic rings. The number of anilines is 1. The second kappa shape index (κ2) is 7.93. The van der Waals surface area contributed by atoms with Crippen LogP contribution in [0.25, 0.3) is 0 Å². The lowest BCUT2D eigenvalue weighted by molar-refractivity contribution is -0.148. The average molecular weight is 412 g/mol. The summed E-state index contributed by atoms with van der Waals surface area (Å²) in [6.45, 7) is -0.491. The Morgan fingerprint density at radius 1 is 1.00 bits per heavy atom. The molecule has 7 heteroatoms. The fourth-order valence-electron chi connectivity index (χ4n) is 3.15. The number of nitrogens with one attached hydrogen (secondary N) is 1. The summed E-state index contributed by atoms with van der Waals surface area (Å²) in [5.41, 5.74) is 1.64. The summed E-state index contributed by atoms with van der Waals surface area (Å²) in [6.07, 6.45) is 0. The normalized spacial score (nSPS) is 12.3. The predicted octanol–water partition coefficient (Wildman–Crippen LogP) is 4.90. The minimum Gasteiger partial charge on any atom is -0.457 e. The Bertz CT molecular complexity index is 1060. The highest BCUT2D eigenvalue weighted by molar-refractivity contribution is 6.31. The van der Waals surface area contributed by atoms with Crippen LogP contribution in [0.3, 0.4) is 0 Å². The number of carbonyl (C=O) groups is 2. The molecule has 0 saturated heterocycles. The lowest BCUT2D eigenvalue weighted by Gasteiger charge is -2.26. The van der Waals surface area contributed by atoms with Crippen LogP contribution >= 0.6 is 11.6 Å². The van der Waals surface area contributed by atoms with E-state index in [2.05, 4.69) is 5.32 Å². The van der Waals surface area contributed by atoms with Crippen molar-refractivity contribution < 1.29 is 23.5 Å². The summed E-state index contributed by atoms with van der Waals surface area (Å²) in [5, 5.41) is 2.40. The SMILES string of the molecule is O=C(COC(=O)C1c2ccccc2Oc2ccccc21)Nc1ccc(F)c(Cl)c1. The van der Waals surface area contributed by atoms with Crippen molar-refractivity contribution in [2.75, 3.05) is 11.9 Å². The van der Waals surface area contributed by atoms with Gasteiger partial charge in [-0.05, 0) is 30.3 Å². The topological polar surface area (TPSA) is 64.6 Å². The maximum absolute atomic E-state index is 13.2. The van der Waals surface area contributed by atoms with Crippen molar-refractivity contribution in [3.8, 4) is 11.5 Å². The Labute approximate surface area is 171 Å². The molecule has 3 aromatic rings. The Hall–Kier alpha value is -3.38. The lowest BCUT2D eigenvalue weighted by atomic mass is 9.88. The smallest absolute Gasteiger partial charge is 0.318 e. The van der Waals surface area contributed by atoms with E-state index in [0.717, 1.165) is 6.07 Å². The van der Waals surface area contributed by atoms with Gasteiger partial charge in [0.25, 0.3) is 5.91 Å². The Balaban J connectivity index is 1.48. The molecule has 1 amide bonds. The quantitative estimate of drug-likeness (QED) is 0.620. The van der Waals surface area contributed by atoms with E-state index in [4.69, 9.17) is 21.1 Å². The molecule has 0 fully saturated rings. The number of rotatable bonds is 4. The highest BCUT2D eigenvalue weighted by atomic mass is 35.5. The zero-order chi connectivity index (χ0) is 20.4. The highest BCUT2D eigenvalue weighted by Gasteiger charge is 2.33. The van der Waals surface area contributed by atoms with Gasteiger partial charge in [0.2, 0.25) is 0 Å². The van der Waals surface area contributed by atoms with E-state index in [-0.39, 0.29) is 5.02 Å². The number of carbonyl (C=O) groups excluding carboxylic acids is 2. The number of ether oxygens (including phenoxy) is 2. The number of amides is 1.